The molecule has 1 unspecified atom stereocenters. The largest absolute Gasteiger partial charge is 0.394 e. The minimum absolute atomic E-state index is 0.119. The molecule has 0 heterocycles. The number of hydrogen-bond donors (Lipinski definition) is 2. The molecule has 0 bridgehead atoms. The Kier molecular flexibility index (Phi) is 7.82. The number of nitrogens with one attached hydrogen (secondary N) is 1. The Balaban J connectivity index is 2.92. The molecule has 1 aromatic carbocycles. The van der Waals surface area contributed by atoms with Gasteiger partial charge in [0.2, 0.25) is 0 Å². The number of rotatable bonds is 10. The molecular formula is C17H30N2O. The zero-order valence-electron chi connectivity index (χ0n) is 13.2. The first kappa shape index (κ1) is 17.2. The lowest BCUT2D eigenvalue weighted by atomic mass is 9.89. The van der Waals surface area contributed by atoms with E-state index in [-0.39, 0.29) is 12.1 Å². The number of aliphatic hydroxyl groups excluding tert-OH is 1. The summed E-state index contributed by atoms with van der Waals surface area (Å²) in [7, 11) is 0. The standard InChI is InChI=1S/C17H30N2O/c1-4-7-13-19(6-3)14-17(15-20,18-5-2)16-11-9-8-10-12-16/h8-12,18,20H,4-7,13-15H2,1-3H3. The molecule has 2 N–H and O–H groups in total. The lowest BCUT2D eigenvalue weighted by Gasteiger charge is -2.38. The van der Waals surface area contributed by atoms with Gasteiger partial charge in [0.05, 0.1) is 12.1 Å². The van der Waals surface area contributed by atoms with E-state index < -0.39 is 0 Å². The van der Waals surface area contributed by atoms with Gasteiger partial charge in [-0.05, 0) is 31.6 Å². The van der Waals surface area contributed by atoms with Gasteiger partial charge in [-0.25, -0.2) is 0 Å². The molecule has 0 aliphatic rings. The first-order chi connectivity index (χ1) is 9.72. The molecule has 0 saturated heterocycles. The van der Waals surface area contributed by atoms with Crippen molar-refractivity contribution in [2.75, 3.05) is 32.8 Å². The van der Waals surface area contributed by atoms with Crippen molar-refractivity contribution in [2.24, 2.45) is 0 Å². The first-order valence-corrected chi connectivity index (χ1v) is 7.86. The topological polar surface area (TPSA) is 35.5 Å². The molecule has 1 atom stereocenters. The summed E-state index contributed by atoms with van der Waals surface area (Å²) in [5.41, 5.74) is 0.805. The van der Waals surface area contributed by atoms with Gasteiger partial charge in [0, 0.05) is 6.54 Å². The van der Waals surface area contributed by atoms with E-state index >= 15 is 0 Å². The van der Waals surface area contributed by atoms with Gasteiger partial charge in [0.15, 0.2) is 0 Å². The van der Waals surface area contributed by atoms with Crippen molar-refractivity contribution in [3.8, 4) is 0 Å². The molecule has 114 valence electrons. The fourth-order valence-corrected chi connectivity index (χ4v) is 2.65. The number of unbranched alkanes of at least 4 members (excludes halogenated alkanes) is 1. The van der Waals surface area contributed by atoms with Crippen molar-refractivity contribution in [2.45, 2.75) is 39.2 Å². The van der Waals surface area contributed by atoms with Crippen molar-refractivity contribution in [3.05, 3.63) is 35.9 Å². The average molecular weight is 278 g/mol. The molecule has 3 nitrogen and oxygen atoms in total. The second-order valence-corrected chi connectivity index (χ2v) is 5.36. The number of nitrogens with zero attached hydrogens (tertiary/aromatic N) is 1. The van der Waals surface area contributed by atoms with Crippen LogP contribution >= 0.6 is 0 Å². The van der Waals surface area contributed by atoms with Crippen LogP contribution in [0.2, 0.25) is 0 Å². The Morgan fingerprint density at radius 1 is 1.15 bits per heavy atom. The first-order valence-electron chi connectivity index (χ1n) is 7.86. The minimum atomic E-state index is -0.361. The highest BCUT2D eigenvalue weighted by Gasteiger charge is 2.32. The molecule has 3 heteroatoms. The number of hydrogen-bond acceptors (Lipinski definition) is 3. The third-order valence-corrected chi connectivity index (χ3v) is 3.88. The van der Waals surface area contributed by atoms with Crippen LogP contribution in [0.4, 0.5) is 0 Å². The fraction of sp³-hybridized carbons (Fsp3) is 0.647. The van der Waals surface area contributed by atoms with E-state index in [0.29, 0.717) is 0 Å². The summed E-state index contributed by atoms with van der Waals surface area (Å²) in [5.74, 6) is 0. The molecule has 0 fully saturated rings. The summed E-state index contributed by atoms with van der Waals surface area (Å²) in [6.07, 6.45) is 2.41. The zero-order chi connectivity index (χ0) is 14.8. The normalized spacial score (nSPS) is 14.4. The Labute approximate surface area is 124 Å². The smallest absolute Gasteiger partial charge is 0.0797 e. The average Bonchev–Trinajstić information content (AvgIpc) is 2.51. The van der Waals surface area contributed by atoms with E-state index in [9.17, 15) is 5.11 Å². The van der Waals surface area contributed by atoms with Crippen molar-refractivity contribution in [1.82, 2.24) is 10.2 Å². The second kappa shape index (κ2) is 9.11. The van der Waals surface area contributed by atoms with Crippen LogP contribution in [0.25, 0.3) is 0 Å². The summed E-state index contributed by atoms with van der Waals surface area (Å²) in [6.45, 7) is 10.4. The van der Waals surface area contributed by atoms with Crippen LogP contribution in [0, 0.1) is 0 Å². The predicted octanol–water partition coefficient (Wildman–Crippen LogP) is 2.61. The molecule has 0 spiro atoms. The molecule has 0 amide bonds. The van der Waals surface area contributed by atoms with Gasteiger partial charge in [0.25, 0.3) is 0 Å². The number of likely N-dealkylation sites (N-methyl/N-ethyl adjacent to an activating group) is 2. The predicted molar refractivity (Wildman–Crippen MR) is 85.9 cm³/mol. The lowest BCUT2D eigenvalue weighted by Crippen LogP contribution is -2.53. The maximum Gasteiger partial charge on any atom is 0.0797 e. The molecule has 0 aliphatic heterocycles. The number of aliphatic hydroxyl groups is 1. The van der Waals surface area contributed by atoms with Crippen LogP contribution in [0.1, 0.15) is 39.2 Å². The van der Waals surface area contributed by atoms with Gasteiger partial charge >= 0.3 is 0 Å². The van der Waals surface area contributed by atoms with Crippen molar-refractivity contribution >= 4 is 0 Å². The van der Waals surface area contributed by atoms with Crippen LogP contribution in [-0.4, -0.2) is 42.8 Å². The summed E-state index contributed by atoms with van der Waals surface area (Å²) < 4.78 is 0. The summed E-state index contributed by atoms with van der Waals surface area (Å²) >= 11 is 0. The SMILES string of the molecule is CCCCN(CC)CC(CO)(NCC)c1ccccc1. The highest BCUT2D eigenvalue weighted by molar-refractivity contribution is 5.25. The number of benzene rings is 1. The Hall–Kier alpha value is -0.900. The van der Waals surface area contributed by atoms with Crippen LogP contribution in [-0.2, 0) is 5.54 Å². The minimum Gasteiger partial charge on any atom is -0.394 e. The van der Waals surface area contributed by atoms with Gasteiger partial charge < -0.3 is 15.3 Å². The van der Waals surface area contributed by atoms with Crippen LogP contribution in [0.3, 0.4) is 0 Å². The van der Waals surface area contributed by atoms with Crippen molar-refractivity contribution in [1.29, 1.82) is 0 Å². The summed E-state index contributed by atoms with van der Waals surface area (Å²) in [6, 6.07) is 10.3. The molecule has 0 aromatic heterocycles. The summed E-state index contributed by atoms with van der Waals surface area (Å²) in [4.78, 5) is 2.43. The molecule has 20 heavy (non-hydrogen) atoms. The maximum atomic E-state index is 10.0. The zero-order valence-corrected chi connectivity index (χ0v) is 13.2. The van der Waals surface area contributed by atoms with E-state index in [2.05, 4.69) is 43.1 Å². The third kappa shape index (κ3) is 4.58. The monoisotopic (exact) mass is 278 g/mol. The van der Waals surface area contributed by atoms with Gasteiger partial charge in [-0.2, -0.15) is 0 Å². The Morgan fingerprint density at radius 3 is 2.35 bits per heavy atom. The van der Waals surface area contributed by atoms with Crippen LogP contribution in [0.15, 0.2) is 30.3 Å². The third-order valence-electron chi connectivity index (χ3n) is 3.88. The van der Waals surface area contributed by atoms with Gasteiger partial charge in [-0.3, -0.25) is 0 Å². The van der Waals surface area contributed by atoms with E-state index in [1.54, 1.807) is 0 Å². The van der Waals surface area contributed by atoms with E-state index in [0.717, 1.165) is 26.2 Å². The highest BCUT2D eigenvalue weighted by atomic mass is 16.3. The van der Waals surface area contributed by atoms with Crippen LogP contribution < -0.4 is 5.32 Å². The van der Waals surface area contributed by atoms with E-state index in [1.165, 1.54) is 18.4 Å². The van der Waals surface area contributed by atoms with Gasteiger partial charge in [-0.15, -0.1) is 0 Å². The van der Waals surface area contributed by atoms with Crippen molar-refractivity contribution in [3.63, 3.8) is 0 Å². The molecular weight excluding hydrogens is 248 g/mol. The lowest BCUT2D eigenvalue weighted by molar-refractivity contribution is 0.109. The Morgan fingerprint density at radius 2 is 1.85 bits per heavy atom. The summed E-state index contributed by atoms with van der Waals surface area (Å²) in [5, 5.41) is 13.6. The van der Waals surface area contributed by atoms with Crippen LogP contribution in [0.5, 0.6) is 0 Å². The fourth-order valence-electron chi connectivity index (χ4n) is 2.65. The highest BCUT2D eigenvalue weighted by Crippen LogP contribution is 2.22. The molecule has 1 rings (SSSR count). The quantitative estimate of drug-likeness (QED) is 0.690. The maximum absolute atomic E-state index is 10.0. The van der Waals surface area contributed by atoms with Gasteiger partial charge in [-0.1, -0.05) is 57.5 Å². The van der Waals surface area contributed by atoms with E-state index in [4.69, 9.17) is 0 Å². The van der Waals surface area contributed by atoms with E-state index in [1.807, 2.05) is 18.2 Å². The molecule has 1 aromatic rings. The Bertz CT molecular complexity index is 355. The molecule has 0 saturated carbocycles. The molecule has 0 aliphatic carbocycles. The van der Waals surface area contributed by atoms with Gasteiger partial charge in [0.1, 0.15) is 0 Å². The van der Waals surface area contributed by atoms with Crippen molar-refractivity contribution < 1.29 is 5.11 Å². The second-order valence-electron chi connectivity index (χ2n) is 5.36. The molecule has 0 radical (unpaired) electrons.